The Kier molecular flexibility index (Phi) is 9.76. The van der Waals surface area contributed by atoms with Crippen molar-refractivity contribution in [3.63, 3.8) is 0 Å². The quantitative estimate of drug-likeness (QED) is 0.281. The minimum absolute atomic E-state index is 0. The van der Waals surface area contributed by atoms with E-state index in [0.717, 1.165) is 37.1 Å². The van der Waals surface area contributed by atoms with Gasteiger partial charge in [-0.1, -0.05) is 36.9 Å². The fourth-order valence-corrected chi connectivity index (χ4v) is 2.44. The number of halogens is 1. The van der Waals surface area contributed by atoms with E-state index in [9.17, 15) is 4.79 Å². The fourth-order valence-electron chi connectivity index (χ4n) is 2.44. The molecule has 21 heavy (non-hydrogen) atoms. The zero-order valence-electron chi connectivity index (χ0n) is 13.1. The van der Waals surface area contributed by atoms with Crippen LogP contribution in [-0.4, -0.2) is 36.7 Å². The second kappa shape index (κ2) is 10.4. The van der Waals surface area contributed by atoms with Crippen molar-refractivity contribution in [2.75, 3.05) is 26.2 Å². The van der Waals surface area contributed by atoms with E-state index in [1.165, 1.54) is 11.6 Å². The monoisotopic (exact) mass is 311 g/mol. The number of ether oxygens (including phenoxy) is 1. The molecule has 0 heterocycles. The molecule has 0 aliphatic heterocycles. The SMILES string of the molecule is C=CC(=O)OCCC[N+](CC)(CC)Cc1ccccc1.[Cl-]. The third-order valence-electron chi connectivity index (χ3n) is 3.89. The molecule has 0 aromatic heterocycles. The Labute approximate surface area is 134 Å². The number of benzene rings is 1. The number of hydrogen-bond donors (Lipinski definition) is 0. The van der Waals surface area contributed by atoms with Crippen LogP contribution in [0.25, 0.3) is 0 Å². The van der Waals surface area contributed by atoms with Gasteiger partial charge in [0.2, 0.25) is 0 Å². The average molecular weight is 312 g/mol. The summed E-state index contributed by atoms with van der Waals surface area (Å²) < 4.78 is 6.08. The van der Waals surface area contributed by atoms with E-state index in [-0.39, 0.29) is 18.4 Å². The van der Waals surface area contributed by atoms with E-state index in [1.54, 1.807) is 0 Å². The molecule has 0 unspecified atom stereocenters. The molecule has 0 amide bonds. The number of hydrogen-bond acceptors (Lipinski definition) is 2. The van der Waals surface area contributed by atoms with Gasteiger partial charge in [-0.3, -0.25) is 0 Å². The van der Waals surface area contributed by atoms with Crippen LogP contribution in [0.5, 0.6) is 0 Å². The van der Waals surface area contributed by atoms with Crippen LogP contribution in [0.3, 0.4) is 0 Å². The predicted molar refractivity (Wildman–Crippen MR) is 82.1 cm³/mol. The van der Waals surface area contributed by atoms with Gasteiger partial charge in [0.15, 0.2) is 0 Å². The molecule has 3 nitrogen and oxygen atoms in total. The smallest absolute Gasteiger partial charge is 0.330 e. The summed E-state index contributed by atoms with van der Waals surface area (Å²) in [5.74, 6) is -0.334. The highest BCUT2D eigenvalue weighted by atomic mass is 35.5. The van der Waals surface area contributed by atoms with E-state index in [4.69, 9.17) is 4.74 Å². The molecule has 0 saturated heterocycles. The van der Waals surface area contributed by atoms with Gasteiger partial charge in [0, 0.05) is 18.1 Å². The largest absolute Gasteiger partial charge is 1.00 e. The van der Waals surface area contributed by atoms with Crippen molar-refractivity contribution in [3.05, 3.63) is 48.6 Å². The van der Waals surface area contributed by atoms with Crippen molar-refractivity contribution in [1.29, 1.82) is 0 Å². The summed E-state index contributed by atoms with van der Waals surface area (Å²) in [6.45, 7) is 12.5. The van der Waals surface area contributed by atoms with E-state index in [0.29, 0.717) is 6.61 Å². The van der Waals surface area contributed by atoms with Crippen molar-refractivity contribution in [2.24, 2.45) is 0 Å². The lowest BCUT2D eigenvalue weighted by molar-refractivity contribution is -0.938. The van der Waals surface area contributed by atoms with Gasteiger partial charge in [0.05, 0.1) is 26.2 Å². The van der Waals surface area contributed by atoms with Gasteiger partial charge in [0.1, 0.15) is 6.54 Å². The standard InChI is InChI=1S/C17H26NO2.ClH/c1-4-17(19)20-14-10-13-18(5-2,6-3)15-16-11-8-7-9-12-16;/h4,7-9,11-12H,1,5-6,10,13-15H2,2-3H3;1H/q+1;/p-1. The number of esters is 1. The molecular weight excluding hydrogens is 286 g/mol. The van der Waals surface area contributed by atoms with Gasteiger partial charge in [-0.05, 0) is 13.8 Å². The normalized spacial score (nSPS) is 10.6. The second-order valence-electron chi connectivity index (χ2n) is 5.07. The Hall–Kier alpha value is -1.32. The molecular formula is C17H26ClNO2. The van der Waals surface area contributed by atoms with Crippen LogP contribution < -0.4 is 12.4 Å². The minimum Gasteiger partial charge on any atom is -1.00 e. The summed E-state index contributed by atoms with van der Waals surface area (Å²) in [6, 6.07) is 10.6. The Morgan fingerprint density at radius 3 is 2.38 bits per heavy atom. The highest BCUT2D eigenvalue weighted by Crippen LogP contribution is 2.15. The summed E-state index contributed by atoms with van der Waals surface area (Å²) in [5.41, 5.74) is 1.36. The first-order chi connectivity index (χ1) is 9.65. The van der Waals surface area contributed by atoms with Crippen LogP contribution in [0.4, 0.5) is 0 Å². The molecule has 0 N–H and O–H groups in total. The zero-order valence-corrected chi connectivity index (χ0v) is 13.8. The Morgan fingerprint density at radius 1 is 1.24 bits per heavy atom. The van der Waals surface area contributed by atoms with Crippen molar-refractivity contribution < 1.29 is 26.4 Å². The van der Waals surface area contributed by atoms with E-state index in [1.807, 2.05) is 6.07 Å². The molecule has 4 heteroatoms. The summed E-state index contributed by atoms with van der Waals surface area (Å²) in [6.07, 6.45) is 2.10. The molecule has 1 rings (SSSR count). The Bertz CT molecular complexity index is 416. The molecule has 118 valence electrons. The van der Waals surface area contributed by atoms with Crippen molar-refractivity contribution in [1.82, 2.24) is 0 Å². The van der Waals surface area contributed by atoms with E-state index >= 15 is 0 Å². The van der Waals surface area contributed by atoms with Crippen molar-refractivity contribution in [3.8, 4) is 0 Å². The van der Waals surface area contributed by atoms with Crippen LogP contribution in [0.1, 0.15) is 25.8 Å². The Balaban J connectivity index is 0.00000400. The lowest BCUT2D eigenvalue weighted by atomic mass is 10.1. The zero-order chi connectivity index (χ0) is 14.8. The van der Waals surface area contributed by atoms with Gasteiger partial charge in [-0.15, -0.1) is 0 Å². The summed E-state index contributed by atoms with van der Waals surface area (Å²) in [7, 11) is 0. The third-order valence-corrected chi connectivity index (χ3v) is 3.89. The third kappa shape index (κ3) is 6.78. The first-order valence-electron chi connectivity index (χ1n) is 7.34. The molecule has 0 bridgehead atoms. The highest BCUT2D eigenvalue weighted by molar-refractivity contribution is 5.81. The summed E-state index contributed by atoms with van der Waals surface area (Å²) >= 11 is 0. The fraction of sp³-hybridized carbons (Fsp3) is 0.471. The molecule has 0 spiro atoms. The summed E-state index contributed by atoms with van der Waals surface area (Å²) in [5, 5.41) is 0. The van der Waals surface area contributed by atoms with Crippen LogP contribution >= 0.6 is 0 Å². The second-order valence-corrected chi connectivity index (χ2v) is 5.07. The van der Waals surface area contributed by atoms with Gasteiger partial charge >= 0.3 is 5.97 Å². The molecule has 0 saturated carbocycles. The van der Waals surface area contributed by atoms with Crippen LogP contribution in [-0.2, 0) is 16.1 Å². The lowest BCUT2D eigenvalue weighted by Gasteiger charge is -2.37. The summed E-state index contributed by atoms with van der Waals surface area (Å²) in [4.78, 5) is 11.0. The molecule has 1 aromatic carbocycles. The van der Waals surface area contributed by atoms with Crippen LogP contribution in [0.2, 0.25) is 0 Å². The minimum atomic E-state index is -0.334. The molecule has 0 radical (unpaired) electrons. The maximum Gasteiger partial charge on any atom is 0.330 e. The predicted octanol–water partition coefficient (Wildman–Crippen LogP) is 0.167. The number of carbonyl (C=O) groups excluding carboxylic acids is 1. The van der Waals surface area contributed by atoms with E-state index in [2.05, 4.69) is 44.7 Å². The van der Waals surface area contributed by atoms with Crippen LogP contribution in [0, 0.1) is 0 Å². The van der Waals surface area contributed by atoms with Crippen molar-refractivity contribution >= 4 is 5.97 Å². The number of quaternary nitrogens is 1. The number of rotatable bonds is 9. The molecule has 0 atom stereocenters. The molecule has 0 fully saturated rings. The molecule has 0 aliphatic carbocycles. The van der Waals surface area contributed by atoms with E-state index < -0.39 is 0 Å². The number of carbonyl (C=O) groups is 1. The Morgan fingerprint density at radius 2 is 1.86 bits per heavy atom. The first kappa shape index (κ1) is 19.7. The van der Waals surface area contributed by atoms with Crippen molar-refractivity contribution in [2.45, 2.75) is 26.8 Å². The van der Waals surface area contributed by atoms with Crippen LogP contribution in [0.15, 0.2) is 43.0 Å². The lowest BCUT2D eigenvalue weighted by Crippen LogP contribution is -3.00. The number of nitrogens with zero attached hydrogens (tertiary/aromatic N) is 1. The maximum atomic E-state index is 11.0. The van der Waals surface area contributed by atoms with Gasteiger partial charge < -0.3 is 21.6 Å². The van der Waals surface area contributed by atoms with Gasteiger partial charge in [-0.2, -0.15) is 0 Å². The topological polar surface area (TPSA) is 26.3 Å². The maximum absolute atomic E-state index is 11.0. The average Bonchev–Trinajstić information content (AvgIpc) is 2.51. The van der Waals surface area contributed by atoms with Gasteiger partial charge in [-0.25, -0.2) is 4.79 Å². The highest BCUT2D eigenvalue weighted by Gasteiger charge is 2.23. The molecule has 1 aromatic rings. The van der Waals surface area contributed by atoms with Gasteiger partial charge in [0.25, 0.3) is 0 Å². The molecule has 0 aliphatic rings. The first-order valence-corrected chi connectivity index (χ1v) is 7.34.